The van der Waals surface area contributed by atoms with Gasteiger partial charge in [0.25, 0.3) is 11.6 Å². The van der Waals surface area contributed by atoms with Crippen LogP contribution in [0, 0.1) is 17.0 Å². The van der Waals surface area contributed by atoms with Gasteiger partial charge in [-0.15, -0.1) is 0 Å². The second-order valence-corrected chi connectivity index (χ2v) is 4.16. The van der Waals surface area contributed by atoms with Crippen molar-refractivity contribution in [2.45, 2.75) is 13.8 Å². The smallest absolute Gasteiger partial charge is 0.293 e. The number of aryl methyl sites for hydroxylation is 1. The van der Waals surface area contributed by atoms with E-state index in [9.17, 15) is 14.9 Å². The van der Waals surface area contributed by atoms with Gasteiger partial charge in [-0.05, 0) is 26.0 Å². The number of imidazole rings is 1. The van der Waals surface area contributed by atoms with Gasteiger partial charge in [-0.2, -0.15) is 0 Å². The minimum absolute atomic E-state index is 0.0702. The molecule has 2 rings (SSSR count). The maximum Gasteiger partial charge on any atom is 0.293 e. The normalized spacial score (nSPS) is 10.3. The lowest BCUT2D eigenvalue weighted by molar-refractivity contribution is -0.384. The fourth-order valence-corrected chi connectivity index (χ4v) is 1.91. The summed E-state index contributed by atoms with van der Waals surface area (Å²) in [7, 11) is 0. The molecule has 0 bridgehead atoms. The van der Waals surface area contributed by atoms with Crippen LogP contribution in [-0.4, -0.2) is 26.9 Å². The van der Waals surface area contributed by atoms with Gasteiger partial charge >= 0.3 is 0 Å². The lowest BCUT2D eigenvalue weighted by atomic mass is 10.1. The quantitative estimate of drug-likeness (QED) is 0.680. The number of carbonyl (C=O) groups excluding carboxylic acids is 1. The van der Waals surface area contributed by atoms with Gasteiger partial charge in [0.1, 0.15) is 11.5 Å². The van der Waals surface area contributed by atoms with Crippen molar-refractivity contribution in [3.63, 3.8) is 0 Å². The van der Waals surface area contributed by atoms with Crippen LogP contribution in [0.15, 0.2) is 30.6 Å². The van der Waals surface area contributed by atoms with E-state index in [4.69, 9.17) is 0 Å². The van der Waals surface area contributed by atoms with Crippen molar-refractivity contribution in [1.82, 2.24) is 14.9 Å². The number of nitro benzene ring substituents is 1. The molecule has 104 valence electrons. The number of nitrogens with one attached hydrogen (secondary N) is 1. The Balaban J connectivity index is 2.57. The molecule has 1 N–H and O–H groups in total. The zero-order valence-electron chi connectivity index (χ0n) is 11.2. The van der Waals surface area contributed by atoms with E-state index >= 15 is 0 Å². The van der Waals surface area contributed by atoms with Crippen molar-refractivity contribution in [1.29, 1.82) is 0 Å². The van der Waals surface area contributed by atoms with Crippen LogP contribution in [0.3, 0.4) is 0 Å². The van der Waals surface area contributed by atoms with Crippen LogP contribution >= 0.6 is 0 Å². The van der Waals surface area contributed by atoms with E-state index in [2.05, 4.69) is 10.3 Å². The van der Waals surface area contributed by atoms with Crippen LogP contribution < -0.4 is 5.32 Å². The van der Waals surface area contributed by atoms with E-state index in [1.54, 1.807) is 23.9 Å². The summed E-state index contributed by atoms with van der Waals surface area (Å²) in [6, 6.07) is 4.27. The predicted molar refractivity (Wildman–Crippen MR) is 73.0 cm³/mol. The Kier molecular flexibility index (Phi) is 3.79. The number of nitro groups is 1. The van der Waals surface area contributed by atoms with E-state index < -0.39 is 4.92 Å². The third-order valence-corrected chi connectivity index (χ3v) is 2.86. The SMILES string of the molecule is CCNC(=O)c1ccc([N+](=O)[O-])c(-n2ccnc2C)c1. The van der Waals surface area contributed by atoms with Crippen molar-refractivity contribution < 1.29 is 9.72 Å². The Labute approximate surface area is 115 Å². The summed E-state index contributed by atoms with van der Waals surface area (Å²) in [4.78, 5) is 26.5. The standard InChI is InChI=1S/C13H14N4O3/c1-3-14-13(18)10-4-5-11(17(19)20)12(8-10)16-7-6-15-9(16)2/h4-8H,3H2,1-2H3,(H,14,18). The highest BCUT2D eigenvalue weighted by molar-refractivity contribution is 5.95. The molecule has 0 saturated heterocycles. The zero-order chi connectivity index (χ0) is 14.7. The van der Waals surface area contributed by atoms with Crippen LogP contribution in [-0.2, 0) is 0 Å². The number of rotatable bonds is 4. The Morgan fingerprint density at radius 1 is 1.50 bits per heavy atom. The van der Waals surface area contributed by atoms with Crippen LogP contribution in [0.5, 0.6) is 0 Å². The molecule has 0 spiro atoms. The van der Waals surface area contributed by atoms with Gasteiger partial charge in [0.15, 0.2) is 0 Å². The molecule has 0 aliphatic rings. The first kappa shape index (κ1) is 13.7. The molecule has 0 fully saturated rings. The summed E-state index contributed by atoms with van der Waals surface area (Å²) in [6.45, 7) is 4.04. The maximum atomic E-state index is 11.8. The molecule has 20 heavy (non-hydrogen) atoms. The van der Waals surface area contributed by atoms with E-state index in [0.29, 0.717) is 23.6 Å². The summed E-state index contributed by atoms with van der Waals surface area (Å²) >= 11 is 0. The number of carbonyl (C=O) groups is 1. The molecule has 0 atom stereocenters. The molecule has 0 saturated carbocycles. The number of benzene rings is 1. The molecule has 1 heterocycles. The molecule has 2 aromatic rings. The van der Waals surface area contributed by atoms with Gasteiger partial charge < -0.3 is 5.32 Å². The monoisotopic (exact) mass is 274 g/mol. The molecule has 0 aliphatic carbocycles. The van der Waals surface area contributed by atoms with Crippen LogP contribution in [0.1, 0.15) is 23.1 Å². The molecule has 0 radical (unpaired) electrons. The Morgan fingerprint density at radius 2 is 2.25 bits per heavy atom. The van der Waals surface area contributed by atoms with Gasteiger partial charge in [-0.3, -0.25) is 19.5 Å². The Bertz CT molecular complexity index is 663. The minimum Gasteiger partial charge on any atom is -0.352 e. The summed E-state index contributed by atoms with van der Waals surface area (Å²) in [5.41, 5.74) is 0.633. The summed E-state index contributed by atoms with van der Waals surface area (Å²) in [5, 5.41) is 13.8. The van der Waals surface area contributed by atoms with Crippen molar-refractivity contribution in [3.8, 4) is 5.69 Å². The topological polar surface area (TPSA) is 90.1 Å². The average Bonchev–Trinajstić information content (AvgIpc) is 2.84. The number of hydrogen-bond acceptors (Lipinski definition) is 4. The first-order valence-corrected chi connectivity index (χ1v) is 6.11. The highest BCUT2D eigenvalue weighted by Crippen LogP contribution is 2.25. The van der Waals surface area contributed by atoms with E-state index in [-0.39, 0.29) is 11.6 Å². The van der Waals surface area contributed by atoms with Crippen LogP contribution in [0.2, 0.25) is 0 Å². The third-order valence-electron chi connectivity index (χ3n) is 2.86. The molecule has 0 unspecified atom stereocenters. The molecule has 7 heteroatoms. The first-order chi connectivity index (χ1) is 9.54. The molecule has 7 nitrogen and oxygen atoms in total. The number of hydrogen-bond donors (Lipinski definition) is 1. The predicted octanol–water partition coefficient (Wildman–Crippen LogP) is 1.84. The zero-order valence-corrected chi connectivity index (χ0v) is 11.2. The second kappa shape index (κ2) is 5.52. The maximum absolute atomic E-state index is 11.8. The molecule has 1 aromatic carbocycles. The van der Waals surface area contributed by atoms with E-state index in [1.807, 2.05) is 6.92 Å². The largest absolute Gasteiger partial charge is 0.352 e. The fourth-order valence-electron chi connectivity index (χ4n) is 1.91. The van der Waals surface area contributed by atoms with Gasteiger partial charge in [-0.1, -0.05) is 0 Å². The lowest BCUT2D eigenvalue weighted by Crippen LogP contribution is -2.22. The van der Waals surface area contributed by atoms with Crippen LogP contribution in [0.25, 0.3) is 5.69 Å². The van der Waals surface area contributed by atoms with E-state index in [1.165, 1.54) is 18.2 Å². The van der Waals surface area contributed by atoms with Crippen molar-refractivity contribution >= 4 is 11.6 Å². The Hall–Kier alpha value is -2.70. The summed E-state index contributed by atoms with van der Waals surface area (Å²) in [6.07, 6.45) is 3.18. The number of aromatic nitrogens is 2. The van der Waals surface area contributed by atoms with Crippen LogP contribution in [0.4, 0.5) is 5.69 Å². The highest BCUT2D eigenvalue weighted by Gasteiger charge is 2.19. The molecule has 0 aliphatic heterocycles. The average molecular weight is 274 g/mol. The van der Waals surface area contributed by atoms with Gasteiger partial charge in [0, 0.05) is 30.6 Å². The van der Waals surface area contributed by atoms with Crippen molar-refractivity contribution in [3.05, 3.63) is 52.1 Å². The molecule has 1 aromatic heterocycles. The lowest BCUT2D eigenvalue weighted by Gasteiger charge is -2.08. The summed E-state index contributed by atoms with van der Waals surface area (Å²) < 4.78 is 1.58. The van der Waals surface area contributed by atoms with Gasteiger partial charge in [-0.25, -0.2) is 4.98 Å². The summed E-state index contributed by atoms with van der Waals surface area (Å²) in [5.74, 6) is 0.350. The van der Waals surface area contributed by atoms with E-state index in [0.717, 1.165) is 0 Å². The number of nitrogens with zero attached hydrogens (tertiary/aromatic N) is 3. The fraction of sp³-hybridized carbons (Fsp3) is 0.231. The Morgan fingerprint density at radius 3 is 2.80 bits per heavy atom. The second-order valence-electron chi connectivity index (χ2n) is 4.16. The van der Waals surface area contributed by atoms with Crippen molar-refractivity contribution in [2.75, 3.05) is 6.54 Å². The minimum atomic E-state index is -0.476. The van der Waals surface area contributed by atoms with Gasteiger partial charge in [0.2, 0.25) is 0 Å². The number of amides is 1. The van der Waals surface area contributed by atoms with Gasteiger partial charge in [0.05, 0.1) is 4.92 Å². The third kappa shape index (κ3) is 2.51. The highest BCUT2D eigenvalue weighted by atomic mass is 16.6. The first-order valence-electron chi connectivity index (χ1n) is 6.11. The molecular weight excluding hydrogens is 260 g/mol. The molecule has 1 amide bonds. The molecular formula is C13H14N4O3. The van der Waals surface area contributed by atoms with Crippen molar-refractivity contribution in [2.24, 2.45) is 0 Å².